The third-order valence-electron chi connectivity index (χ3n) is 6.39. The average molecular weight is 456 g/mol. The number of aryl methyl sites for hydroxylation is 2. The predicted molar refractivity (Wildman–Crippen MR) is 137 cm³/mol. The normalized spacial score (nSPS) is 12.0. The molecule has 1 amide bonds. The maximum Gasteiger partial charge on any atom is 0.251 e. The molecule has 176 valence electrons. The number of nitrogens with one attached hydrogen (secondary N) is 1. The minimum atomic E-state index is -0.0825. The minimum Gasteiger partial charge on any atom is -0.494 e. The van der Waals surface area contributed by atoms with E-state index < -0.39 is 0 Å². The summed E-state index contributed by atoms with van der Waals surface area (Å²) in [7, 11) is 0. The second kappa shape index (κ2) is 11.0. The van der Waals surface area contributed by atoms with Crippen LogP contribution >= 0.6 is 0 Å². The number of amides is 1. The summed E-state index contributed by atoms with van der Waals surface area (Å²) in [6, 6.07) is 24.1. The van der Waals surface area contributed by atoms with Gasteiger partial charge >= 0.3 is 0 Å². The van der Waals surface area contributed by atoms with Crippen LogP contribution in [0.15, 0.2) is 72.8 Å². The third-order valence-corrected chi connectivity index (χ3v) is 6.39. The van der Waals surface area contributed by atoms with Gasteiger partial charge < -0.3 is 14.6 Å². The van der Waals surface area contributed by atoms with E-state index in [1.807, 2.05) is 49.4 Å². The Balaban J connectivity index is 1.39. The summed E-state index contributed by atoms with van der Waals surface area (Å²) in [5, 5.41) is 3.04. The quantitative estimate of drug-likeness (QED) is 0.287. The van der Waals surface area contributed by atoms with E-state index >= 15 is 0 Å². The van der Waals surface area contributed by atoms with E-state index in [0.29, 0.717) is 24.6 Å². The minimum absolute atomic E-state index is 0.0825. The van der Waals surface area contributed by atoms with Crippen LogP contribution in [-0.4, -0.2) is 22.1 Å². The highest BCUT2D eigenvalue weighted by Gasteiger charge is 2.13. The van der Waals surface area contributed by atoms with Crippen molar-refractivity contribution in [1.82, 2.24) is 14.9 Å². The molecule has 5 heteroatoms. The van der Waals surface area contributed by atoms with Gasteiger partial charge in [0.05, 0.1) is 24.2 Å². The first kappa shape index (κ1) is 23.6. The van der Waals surface area contributed by atoms with Crippen LogP contribution in [0.2, 0.25) is 0 Å². The lowest BCUT2D eigenvalue weighted by Crippen LogP contribution is -2.25. The standard InChI is InChI=1S/C29H33N3O2/c1-4-21(2)23-14-16-24(17-15-23)34-19-9-18-32-27-13-8-7-12-26(27)31-28(32)20-30-29(33)25-11-6-5-10-22(25)3/h5-8,10-17,21H,4,9,18-20H2,1-3H3,(H,30,33). The molecule has 3 aromatic carbocycles. The van der Waals surface area contributed by atoms with Gasteiger partial charge in [-0.15, -0.1) is 0 Å². The Kier molecular flexibility index (Phi) is 7.63. The molecule has 1 N–H and O–H groups in total. The number of benzene rings is 3. The van der Waals surface area contributed by atoms with Crippen molar-refractivity contribution >= 4 is 16.9 Å². The van der Waals surface area contributed by atoms with E-state index in [9.17, 15) is 4.79 Å². The Hall–Kier alpha value is -3.60. The molecule has 0 saturated carbocycles. The van der Waals surface area contributed by atoms with Gasteiger partial charge in [-0.05, 0) is 67.1 Å². The van der Waals surface area contributed by atoms with Gasteiger partial charge in [-0.2, -0.15) is 0 Å². The van der Waals surface area contributed by atoms with Crippen molar-refractivity contribution in [3.05, 3.63) is 95.3 Å². The maximum absolute atomic E-state index is 12.7. The Morgan fingerprint density at radius 3 is 2.53 bits per heavy atom. The molecule has 1 unspecified atom stereocenters. The molecule has 0 aliphatic rings. The first-order valence-electron chi connectivity index (χ1n) is 12.1. The number of imidazole rings is 1. The summed E-state index contributed by atoms with van der Waals surface area (Å²) in [5.41, 5.74) is 5.00. The number of ether oxygens (including phenoxy) is 1. The number of hydrogen-bond acceptors (Lipinski definition) is 3. The number of para-hydroxylation sites is 2. The van der Waals surface area contributed by atoms with E-state index in [0.717, 1.165) is 47.6 Å². The van der Waals surface area contributed by atoms with Gasteiger partial charge in [0.2, 0.25) is 0 Å². The average Bonchev–Trinajstić information content (AvgIpc) is 3.22. The number of carbonyl (C=O) groups is 1. The molecule has 34 heavy (non-hydrogen) atoms. The summed E-state index contributed by atoms with van der Waals surface area (Å²) in [4.78, 5) is 17.5. The molecule has 0 spiro atoms. The van der Waals surface area contributed by atoms with Crippen molar-refractivity contribution in [1.29, 1.82) is 0 Å². The monoisotopic (exact) mass is 455 g/mol. The fourth-order valence-electron chi connectivity index (χ4n) is 4.13. The zero-order chi connectivity index (χ0) is 23.9. The molecule has 0 radical (unpaired) electrons. The molecule has 1 heterocycles. The van der Waals surface area contributed by atoms with Crippen LogP contribution in [0.3, 0.4) is 0 Å². The molecular weight excluding hydrogens is 422 g/mol. The van der Waals surface area contributed by atoms with Gasteiger partial charge in [0.1, 0.15) is 11.6 Å². The number of aromatic nitrogens is 2. The van der Waals surface area contributed by atoms with Crippen LogP contribution in [0.4, 0.5) is 0 Å². The van der Waals surface area contributed by atoms with Crippen LogP contribution in [-0.2, 0) is 13.1 Å². The molecule has 4 rings (SSSR count). The first-order chi connectivity index (χ1) is 16.6. The van der Waals surface area contributed by atoms with Crippen molar-refractivity contribution < 1.29 is 9.53 Å². The zero-order valence-corrected chi connectivity index (χ0v) is 20.3. The number of nitrogens with zero attached hydrogens (tertiary/aromatic N) is 2. The molecule has 5 nitrogen and oxygen atoms in total. The van der Waals surface area contributed by atoms with E-state index in [-0.39, 0.29) is 5.91 Å². The summed E-state index contributed by atoms with van der Waals surface area (Å²) < 4.78 is 8.17. The predicted octanol–water partition coefficient (Wildman–Crippen LogP) is 6.26. The molecule has 1 atom stereocenters. The summed E-state index contributed by atoms with van der Waals surface area (Å²) >= 11 is 0. The van der Waals surface area contributed by atoms with Gasteiger partial charge in [-0.1, -0.05) is 56.3 Å². The lowest BCUT2D eigenvalue weighted by atomic mass is 9.99. The number of hydrogen-bond donors (Lipinski definition) is 1. The van der Waals surface area contributed by atoms with Crippen molar-refractivity contribution in [2.75, 3.05) is 6.61 Å². The van der Waals surface area contributed by atoms with Crippen LogP contribution in [0.25, 0.3) is 11.0 Å². The van der Waals surface area contributed by atoms with Crippen LogP contribution in [0.1, 0.15) is 59.9 Å². The lowest BCUT2D eigenvalue weighted by molar-refractivity contribution is 0.0949. The van der Waals surface area contributed by atoms with Gasteiger partial charge in [-0.25, -0.2) is 4.98 Å². The number of fused-ring (bicyclic) bond motifs is 1. The molecule has 0 aliphatic carbocycles. The van der Waals surface area contributed by atoms with E-state index in [4.69, 9.17) is 9.72 Å². The molecule has 0 fully saturated rings. The fraction of sp³-hybridized carbons (Fsp3) is 0.310. The van der Waals surface area contributed by atoms with Gasteiger partial charge in [0, 0.05) is 12.1 Å². The largest absolute Gasteiger partial charge is 0.494 e. The Labute approximate surface area is 201 Å². The smallest absolute Gasteiger partial charge is 0.251 e. The maximum atomic E-state index is 12.7. The van der Waals surface area contributed by atoms with Crippen molar-refractivity contribution in [3.8, 4) is 5.75 Å². The Morgan fingerprint density at radius 1 is 1.03 bits per heavy atom. The van der Waals surface area contributed by atoms with E-state index in [1.165, 1.54) is 5.56 Å². The van der Waals surface area contributed by atoms with Crippen molar-refractivity contribution in [2.45, 2.75) is 52.6 Å². The molecular formula is C29H33N3O2. The Morgan fingerprint density at radius 2 is 1.76 bits per heavy atom. The van der Waals surface area contributed by atoms with Gasteiger partial charge in [0.25, 0.3) is 5.91 Å². The highest BCUT2D eigenvalue weighted by molar-refractivity contribution is 5.95. The van der Waals surface area contributed by atoms with Crippen molar-refractivity contribution in [3.63, 3.8) is 0 Å². The van der Waals surface area contributed by atoms with E-state index in [1.54, 1.807) is 0 Å². The summed E-state index contributed by atoms with van der Waals surface area (Å²) in [5.74, 6) is 2.23. The number of rotatable bonds is 10. The van der Waals surface area contributed by atoms with Crippen LogP contribution in [0.5, 0.6) is 5.75 Å². The zero-order valence-electron chi connectivity index (χ0n) is 20.3. The van der Waals surface area contributed by atoms with E-state index in [2.05, 4.69) is 54.1 Å². The molecule has 0 bridgehead atoms. The molecule has 4 aromatic rings. The highest BCUT2D eigenvalue weighted by Crippen LogP contribution is 2.22. The summed E-state index contributed by atoms with van der Waals surface area (Å²) in [6.45, 7) is 8.15. The van der Waals surface area contributed by atoms with Crippen molar-refractivity contribution in [2.24, 2.45) is 0 Å². The summed E-state index contributed by atoms with van der Waals surface area (Å²) in [6.07, 6.45) is 1.97. The molecule has 0 saturated heterocycles. The topological polar surface area (TPSA) is 56.1 Å². The van der Waals surface area contributed by atoms with Gasteiger partial charge in [-0.3, -0.25) is 4.79 Å². The van der Waals surface area contributed by atoms with Crippen LogP contribution in [0, 0.1) is 6.92 Å². The van der Waals surface area contributed by atoms with Gasteiger partial charge in [0.15, 0.2) is 0 Å². The third kappa shape index (κ3) is 5.48. The number of carbonyl (C=O) groups excluding carboxylic acids is 1. The SMILES string of the molecule is CCC(C)c1ccc(OCCCn2c(CNC(=O)c3ccccc3C)nc3ccccc32)cc1. The second-order valence-electron chi connectivity index (χ2n) is 8.75. The Bertz CT molecular complexity index is 1240. The molecule has 1 aromatic heterocycles. The second-order valence-corrected chi connectivity index (χ2v) is 8.75. The highest BCUT2D eigenvalue weighted by atomic mass is 16.5. The fourth-order valence-corrected chi connectivity index (χ4v) is 4.13. The van der Waals surface area contributed by atoms with Crippen LogP contribution < -0.4 is 10.1 Å². The lowest BCUT2D eigenvalue weighted by Gasteiger charge is -2.13. The molecule has 0 aliphatic heterocycles. The first-order valence-corrected chi connectivity index (χ1v) is 12.1.